The van der Waals surface area contributed by atoms with Gasteiger partial charge in [0.2, 0.25) is 5.91 Å². The molecule has 12 nitrogen and oxygen atoms in total. The van der Waals surface area contributed by atoms with Crippen molar-refractivity contribution in [1.82, 2.24) is 24.1 Å². The van der Waals surface area contributed by atoms with E-state index < -0.39 is 46.2 Å². The summed E-state index contributed by atoms with van der Waals surface area (Å²) in [5.74, 6) is -0.892. The van der Waals surface area contributed by atoms with Crippen LogP contribution in [-0.4, -0.2) is 84.0 Å². The summed E-state index contributed by atoms with van der Waals surface area (Å²) < 4.78 is 39.4. The molecule has 202 valence electrons. The number of sulfonamides is 1. The molecular weight excluding hydrogens is 502 g/mol. The predicted octanol–water partition coefficient (Wildman–Crippen LogP) is 1.31. The molecule has 0 bridgehead atoms. The number of nitrogens with zero attached hydrogens (tertiary/aromatic N) is 4. The molecule has 0 aliphatic carbocycles. The fourth-order valence-corrected chi connectivity index (χ4v) is 5.45. The summed E-state index contributed by atoms with van der Waals surface area (Å²) in [6.45, 7) is 3.57. The van der Waals surface area contributed by atoms with Crippen LogP contribution >= 0.6 is 0 Å². The number of esters is 1. The first-order valence-electron chi connectivity index (χ1n) is 11.9. The number of benzene rings is 1. The molecule has 1 aliphatic heterocycles. The van der Waals surface area contributed by atoms with E-state index in [1.807, 2.05) is 0 Å². The average molecular weight is 536 g/mol. The number of hydrogen-bond donors (Lipinski definition) is 1. The Balaban J connectivity index is 1.76. The SMILES string of the molecule is CC(C)OC(=O)[C@H](Cc1ccc(OC(=O)N(C)C)cc1)NC(=O)[C@@H]1CCCN1S(=O)(=O)c1cn(C)cn1. The molecule has 0 spiro atoms. The summed E-state index contributed by atoms with van der Waals surface area (Å²) in [5, 5.41) is 2.56. The molecule has 0 radical (unpaired) electrons. The van der Waals surface area contributed by atoms with Gasteiger partial charge in [0.1, 0.15) is 17.8 Å². The molecule has 1 aliphatic rings. The molecule has 1 fully saturated rings. The Morgan fingerprint density at radius 3 is 2.43 bits per heavy atom. The Labute approximate surface area is 216 Å². The normalized spacial score (nSPS) is 16.9. The maximum atomic E-state index is 13.3. The van der Waals surface area contributed by atoms with Crippen LogP contribution in [0.3, 0.4) is 0 Å². The fourth-order valence-electron chi connectivity index (χ4n) is 3.83. The summed E-state index contributed by atoms with van der Waals surface area (Å²) in [5.41, 5.74) is 0.681. The lowest BCUT2D eigenvalue weighted by Crippen LogP contribution is -2.52. The van der Waals surface area contributed by atoms with Gasteiger partial charge in [0, 0.05) is 40.3 Å². The van der Waals surface area contributed by atoms with Crippen LogP contribution in [0.4, 0.5) is 4.79 Å². The average Bonchev–Trinajstić information content (AvgIpc) is 3.49. The van der Waals surface area contributed by atoms with E-state index in [0.29, 0.717) is 24.2 Å². The summed E-state index contributed by atoms with van der Waals surface area (Å²) in [7, 11) is 0.803. The molecule has 2 atom stereocenters. The minimum absolute atomic E-state index is 0.0961. The number of hydrogen-bond acceptors (Lipinski definition) is 8. The van der Waals surface area contributed by atoms with E-state index in [1.165, 1.54) is 22.0 Å². The van der Waals surface area contributed by atoms with Crippen LogP contribution in [0.5, 0.6) is 5.75 Å². The van der Waals surface area contributed by atoms with Gasteiger partial charge in [-0.3, -0.25) is 4.79 Å². The molecule has 0 unspecified atom stereocenters. The number of imidazole rings is 1. The summed E-state index contributed by atoms with van der Waals surface area (Å²) in [4.78, 5) is 43.1. The number of rotatable bonds is 9. The lowest BCUT2D eigenvalue weighted by Gasteiger charge is -2.25. The molecule has 1 saturated heterocycles. The van der Waals surface area contributed by atoms with Crippen LogP contribution in [0.25, 0.3) is 0 Å². The zero-order valence-corrected chi connectivity index (χ0v) is 22.4. The number of aromatic nitrogens is 2. The molecule has 1 aromatic heterocycles. The van der Waals surface area contributed by atoms with E-state index in [0.717, 1.165) is 4.31 Å². The molecule has 2 heterocycles. The smallest absolute Gasteiger partial charge is 0.414 e. The van der Waals surface area contributed by atoms with Crippen LogP contribution in [0, 0.1) is 0 Å². The highest BCUT2D eigenvalue weighted by molar-refractivity contribution is 7.89. The van der Waals surface area contributed by atoms with Crippen molar-refractivity contribution in [1.29, 1.82) is 0 Å². The van der Waals surface area contributed by atoms with Gasteiger partial charge in [-0.2, -0.15) is 4.31 Å². The van der Waals surface area contributed by atoms with Crippen molar-refractivity contribution in [2.45, 2.75) is 56.3 Å². The van der Waals surface area contributed by atoms with Crippen molar-refractivity contribution >= 4 is 28.0 Å². The number of nitrogens with one attached hydrogen (secondary N) is 1. The second-order valence-electron chi connectivity index (χ2n) is 9.31. The minimum atomic E-state index is -3.99. The number of amides is 2. The molecule has 3 rings (SSSR count). The van der Waals surface area contributed by atoms with E-state index >= 15 is 0 Å². The number of aryl methyl sites for hydroxylation is 1. The first kappa shape index (κ1) is 28.1. The third kappa shape index (κ3) is 7.07. The maximum absolute atomic E-state index is 13.3. The van der Waals surface area contributed by atoms with Crippen LogP contribution in [0.1, 0.15) is 32.3 Å². The molecule has 2 aromatic rings. The molecule has 2 amide bonds. The van der Waals surface area contributed by atoms with E-state index in [9.17, 15) is 22.8 Å². The zero-order valence-electron chi connectivity index (χ0n) is 21.6. The monoisotopic (exact) mass is 535 g/mol. The second kappa shape index (κ2) is 11.7. The van der Waals surface area contributed by atoms with Crippen LogP contribution in [0.2, 0.25) is 0 Å². The van der Waals surface area contributed by atoms with Crippen molar-refractivity contribution in [2.75, 3.05) is 20.6 Å². The summed E-state index contributed by atoms with van der Waals surface area (Å²) >= 11 is 0. The Kier molecular flexibility index (Phi) is 8.92. The summed E-state index contributed by atoms with van der Waals surface area (Å²) in [6.07, 6.45) is 2.73. The fraction of sp³-hybridized carbons (Fsp3) is 0.500. The van der Waals surface area contributed by atoms with Gasteiger partial charge in [-0.25, -0.2) is 23.0 Å². The molecule has 1 aromatic carbocycles. The summed E-state index contributed by atoms with van der Waals surface area (Å²) in [6, 6.07) is 4.49. The number of carbonyl (C=O) groups excluding carboxylic acids is 3. The zero-order chi connectivity index (χ0) is 27.3. The van der Waals surface area contributed by atoms with Gasteiger partial charge in [-0.15, -0.1) is 0 Å². The molecular formula is C24H33N5O7S. The quantitative estimate of drug-likeness (QED) is 0.474. The van der Waals surface area contributed by atoms with Crippen molar-refractivity contribution in [3.05, 3.63) is 42.4 Å². The van der Waals surface area contributed by atoms with E-state index in [-0.39, 0.29) is 18.0 Å². The molecule has 13 heteroatoms. The first-order chi connectivity index (χ1) is 17.4. The van der Waals surface area contributed by atoms with Gasteiger partial charge >= 0.3 is 12.1 Å². The van der Waals surface area contributed by atoms with Gasteiger partial charge in [-0.05, 0) is 44.4 Å². The first-order valence-corrected chi connectivity index (χ1v) is 13.3. The van der Waals surface area contributed by atoms with Crippen molar-refractivity contribution < 1.29 is 32.3 Å². The lowest BCUT2D eigenvalue weighted by atomic mass is 10.0. The Bertz CT molecular complexity index is 1220. The highest BCUT2D eigenvalue weighted by atomic mass is 32.2. The van der Waals surface area contributed by atoms with Crippen molar-refractivity contribution in [3.63, 3.8) is 0 Å². The van der Waals surface area contributed by atoms with Crippen LogP contribution < -0.4 is 10.1 Å². The Morgan fingerprint density at radius 2 is 1.86 bits per heavy atom. The van der Waals surface area contributed by atoms with Crippen LogP contribution in [-0.2, 0) is 37.8 Å². The third-order valence-electron chi connectivity index (χ3n) is 5.65. The van der Waals surface area contributed by atoms with E-state index in [2.05, 4.69) is 10.3 Å². The van der Waals surface area contributed by atoms with Crippen molar-refractivity contribution in [3.8, 4) is 5.75 Å². The second-order valence-corrected chi connectivity index (χ2v) is 11.1. The highest BCUT2D eigenvalue weighted by Gasteiger charge is 2.41. The van der Waals surface area contributed by atoms with Gasteiger partial charge in [0.15, 0.2) is 5.03 Å². The van der Waals surface area contributed by atoms with E-state index in [4.69, 9.17) is 9.47 Å². The van der Waals surface area contributed by atoms with Gasteiger partial charge in [0.25, 0.3) is 10.0 Å². The highest BCUT2D eigenvalue weighted by Crippen LogP contribution is 2.25. The minimum Gasteiger partial charge on any atom is -0.461 e. The standard InChI is InChI=1S/C24H33N5O7S/c1-16(2)35-23(31)19(13-17-8-10-18(11-9-17)36-24(32)27(3)4)26-22(30)20-7-6-12-29(20)37(33,34)21-14-28(5)15-25-21/h8-11,14-16,19-20H,6-7,12-13H2,1-5H3,(H,26,30)/t19-,20-/m0/s1. The maximum Gasteiger partial charge on any atom is 0.414 e. The topological polar surface area (TPSA) is 140 Å². The lowest BCUT2D eigenvalue weighted by molar-refractivity contribution is -0.151. The number of carbonyl (C=O) groups is 3. The van der Waals surface area contributed by atoms with Gasteiger partial charge < -0.3 is 24.3 Å². The van der Waals surface area contributed by atoms with E-state index in [1.54, 1.807) is 59.3 Å². The molecule has 37 heavy (non-hydrogen) atoms. The molecule has 1 N–H and O–H groups in total. The Morgan fingerprint density at radius 1 is 1.19 bits per heavy atom. The van der Waals surface area contributed by atoms with Gasteiger partial charge in [-0.1, -0.05) is 12.1 Å². The number of ether oxygens (including phenoxy) is 2. The predicted molar refractivity (Wildman–Crippen MR) is 133 cm³/mol. The third-order valence-corrected chi connectivity index (χ3v) is 7.44. The molecule has 0 saturated carbocycles. The Hall–Kier alpha value is -3.45. The van der Waals surface area contributed by atoms with Gasteiger partial charge in [0.05, 0.1) is 12.4 Å². The van der Waals surface area contributed by atoms with Crippen molar-refractivity contribution in [2.24, 2.45) is 7.05 Å². The van der Waals surface area contributed by atoms with Crippen LogP contribution in [0.15, 0.2) is 41.8 Å². The largest absolute Gasteiger partial charge is 0.461 e.